The number of rotatable bonds is 18. The highest BCUT2D eigenvalue weighted by molar-refractivity contribution is 7.87. The van der Waals surface area contributed by atoms with E-state index in [4.69, 9.17) is 24.1 Å². The standard InChI is InChI=1S/C26H23F12NO6S.C22H23F3N4O3/c27-22(28,24(31,32)33)23(29,30)25(34,35)46(40,41)45-20-13-7-8-14(20)10-15(9-13)42-11-17-19(39-44-21(17)12-5-6-12)16-3-1-2-4-18(16)43-26(36,37)38;23-22(24,25)31-18-4-2-1-3-16(18)20-17(21(32-28-20)12-5-6-12)11-30-15-9-13-7-8-14(10-15)19(13)27-29-26/h1-4,12-15,20H,5-11H2;1-4,12-15,19H,5-11H2. The fraction of sp³-hybridized carbons (Fsp3) is 0.625. The van der Waals surface area contributed by atoms with Crippen LogP contribution in [0.15, 0.2) is 62.7 Å². The number of para-hydroxylation sites is 2. The molecule has 0 N–H and O–H groups in total. The van der Waals surface area contributed by atoms with Crippen LogP contribution >= 0.6 is 0 Å². The molecule has 0 spiro atoms. The lowest BCUT2D eigenvalue weighted by atomic mass is 9.83. The van der Waals surface area contributed by atoms with Crippen molar-refractivity contribution in [1.29, 1.82) is 0 Å². The molecule has 14 nitrogen and oxygen atoms in total. The zero-order valence-corrected chi connectivity index (χ0v) is 41.1. The molecule has 4 aromatic rings. The molecule has 30 heteroatoms. The van der Waals surface area contributed by atoms with E-state index in [1.807, 2.05) is 0 Å². The molecular weight excluding hydrogens is 1110 g/mol. The van der Waals surface area contributed by atoms with Gasteiger partial charge < -0.3 is 28.0 Å². The Morgan fingerprint density at radius 1 is 0.577 bits per heavy atom. The van der Waals surface area contributed by atoms with E-state index in [2.05, 4.69) is 34.0 Å². The quantitative estimate of drug-likeness (QED) is 0.0304. The summed E-state index contributed by atoms with van der Waals surface area (Å²) in [5.41, 5.74) is 10.3. The molecule has 4 atom stereocenters. The summed E-state index contributed by atoms with van der Waals surface area (Å²) < 4.78 is 258. The number of fused-ring (bicyclic) bond motifs is 4. The van der Waals surface area contributed by atoms with Crippen LogP contribution in [-0.2, 0) is 37.0 Å². The average Bonchev–Trinajstić information content (AvgIpc) is 4.39. The van der Waals surface area contributed by atoms with E-state index in [-0.39, 0.29) is 85.4 Å². The average molecular weight is 1150 g/mol. The Hall–Kier alpha value is -5.45. The maximum atomic E-state index is 14.2. The van der Waals surface area contributed by atoms with Gasteiger partial charge in [0.1, 0.15) is 34.4 Å². The van der Waals surface area contributed by atoms with Gasteiger partial charge in [-0.05, 0) is 131 Å². The van der Waals surface area contributed by atoms with Crippen molar-refractivity contribution in [3.8, 4) is 34.0 Å². The molecule has 2 aromatic carbocycles. The minimum absolute atomic E-state index is 0.00773. The topological polar surface area (TPSA) is 181 Å². The Morgan fingerprint density at radius 2 is 0.974 bits per heavy atom. The summed E-state index contributed by atoms with van der Waals surface area (Å²) in [7, 11) is -7.03. The van der Waals surface area contributed by atoms with Gasteiger partial charge in [0.2, 0.25) is 0 Å². The molecule has 78 heavy (non-hydrogen) atoms. The monoisotopic (exact) mass is 1150 g/mol. The first kappa shape index (κ1) is 57.2. The second-order valence-electron chi connectivity index (χ2n) is 20.3. The number of halogens is 15. The summed E-state index contributed by atoms with van der Waals surface area (Å²) in [4.78, 5) is 3.00. The molecule has 10 rings (SSSR count). The van der Waals surface area contributed by atoms with Gasteiger partial charge in [-0.1, -0.05) is 39.7 Å². The third-order valence-electron chi connectivity index (χ3n) is 15.0. The van der Waals surface area contributed by atoms with Crippen molar-refractivity contribution in [2.24, 2.45) is 28.8 Å². The Bertz CT molecular complexity index is 2930. The number of hydrogen-bond donors (Lipinski definition) is 0. The third-order valence-corrected chi connectivity index (χ3v) is 16.4. The second-order valence-corrected chi connectivity index (χ2v) is 21.9. The number of ether oxygens (including phenoxy) is 4. The van der Waals surface area contributed by atoms with Crippen LogP contribution in [0.2, 0.25) is 0 Å². The Kier molecular flexibility index (Phi) is 15.6. The fourth-order valence-corrected chi connectivity index (χ4v) is 12.3. The molecule has 0 radical (unpaired) electrons. The number of nitrogens with zero attached hydrogens (tertiary/aromatic N) is 5. The molecular formula is C48H46F15N5O9S. The smallest absolute Gasteiger partial charge is 0.405 e. The van der Waals surface area contributed by atoms with Crippen LogP contribution in [0.4, 0.5) is 65.9 Å². The third kappa shape index (κ3) is 11.7. The molecule has 0 amide bonds. The summed E-state index contributed by atoms with van der Waals surface area (Å²) in [5.74, 6) is -15.8. The summed E-state index contributed by atoms with van der Waals surface area (Å²) >= 11 is 0. The molecule has 6 fully saturated rings. The van der Waals surface area contributed by atoms with Gasteiger partial charge in [0.05, 0.1) is 31.5 Å². The Morgan fingerprint density at radius 3 is 1.36 bits per heavy atom. The minimum atomic E-state index is -7.41. The highest BCUT2D eigenvalue weighted by Gasteiger charge is 2.86. The molecule has 0 saturated heterocycles. The molecule has 6 aliphatic carbocycles. The zero-order valence-electron chi connectivity index (χ0n) is 40.3. The van der Waals surface area contributed by atoms with Crippen molar-refractivity contribution < 1.29 is 106 Å². The molecule has 2 heterocycles. The molecule has 6 aliphatic rings. The molecule has 6 saturated carbocycles. The fourth-order valence-electron chi connectivity index (χ4n) is 11.1. The number of benzene rings is 2. The summed E-state index contributed by atoms with van der Waals surface area (Å²) in [6.07, 6.45) is -12.6. The first-order valence-electron chi connectivity index (χ1n) is 24.6. The molecule has 4 bridgehead atoms. The van der Waals surface area contributed by atoms with Crippen molar-refractivity contribution >= 4 is 10.1 Å². The van der Waals surface area contributed by atoms with Crippen LogP contribution in [0.5, 0.6) is 11.5 Å². The molecule has 0 aliphatic heterocycles. The van der Waals surface area contributed by atoms with Crippen molar-refractivity contribution in [1.82, 2.24) is 10.3 Å². The van der Waals surface area contributed by atoms with Crippen molar-refractivity contribution in [2.45, 2.75) is 162 Å². The first-order chi connectivity index (χ1) is 36.5. The van der Waals surface area contributed by atoms with Gasteiger partial charge in [0.25, 0.3) is 0 Å². The van der Waals surface area contributed by atoms with Crippen LogP contribution in [0.25, 0.3) is 33.0 Å². The van der Waals surface area contributed by atoms with Crippen LogP contribution < -0.4 is 9.47 Å². The van der Waals surface area contributed by atoms with Crippen LogP contribution in [0, 0.1) is 23.7 Å². The lowest BCUT2D eigenvalue weighted by Gasteiger charge is -2.37. The van der Waals surface area contributed by atoms with Crippen LogP contribution in [-0.4, -0.2) is 79.1 Å². The van der Waals surface area contributed by atoms with E-state index in [1.165, 1.54) is 30.3 Å². The summed E-state index contributed by atoms with van der Waals surface area (Å²) in [6.45, 7) is -0.0723. The van der Waals surface area contributed by atoms with Crippen LogP contribution in [0.1, 0.15) is 112 Å². The van der Waals surface area contributed by atoms with Crippen molar-refractivity contribution in [2.75, 3.05) is 0 Å². The van der Waals surface area contributed by atoms with Gasteiger partial charge in [0.15, 0.2) is 0 Å². The number of hydrogen-bond acceptors (Lipinski definition) is 12. The van der Waals surface area contributed by atoms with E-state index in [9.17, 15) is 74.3 Å². The van der Waals surface area contributed by atoms with Gasteiger partial charge in [-0.15, -0.1) is 26.3 Å². The van der Waals surface area contributed by atoms with Gasteiger partial charge in [-0.3, -0.25) is 4.18 Å². The van der Waals surface area contributed by atoms with Crippen LogP contribution in [0.3, 0.4) is 0 Å². The zero-order chi connectivity index (χ0) is 56.4. The minimum Gasteiger partial charge on any atom is -0.405 e. The highest BCUT2D eigenvalue weighted by Crippen LogP contribution is 2.57. The number of alkyl halides is 15. The molecule has 4 unspecified atom stereocenters. The Balaban J connectivity index is 0.000000202. The van der Waals surface area contributed by atoms with Gasteiger partial charge >= 0.3 is 46.1 Å². The normalized spacial score (nSPS) is 25.8. The molecule has 2 aromatic heterocycles. The van der Waals surface area contributed by atoms with E-state index < -0.39 is 75.9 Å². The van der Waals surface area contributed by atoms with Gasteiger partial charge in [-0.2, -0.15) is 47.9 Å². The Labute approximate surface area is 432 Å². The van der Waals surface area contributed by atoms with Gasteiger partial charge in [-0.25, -0.2) is 0 Å². The summed E-state index contributed by atoms with van der Waals surface area (Å²) in [6, 6.07) is 11.1. The largest absolute Gasteiger partial charge is 0.573 e. The second kappa shape index (κ2) is 21.2. The number of aromatic nitrogens is 2. The highest BCUT2D eigenvalue weighted by atomic mass is 32.2. The van der Waals surface area contributed by atoms with Gasteiger partial charge in [0, 0.05) is 45.0 Å². The van der Waals surface area contributed by atoms with E-state index in [1.54, 1.807) is 12.1 Å². The maximum Gasteiger partial charge on any atom is 0.573 e. The number of azide groups is 1. The lowest BCUT2D eigenvalue weighted by molar-refractivity contribution is -0.383. The summed E-state index contributed by atoms with van der Waals surface area (Å²) in [5, 5.41) is 5.08. The van der Waals surface area contributed by atoms with E-state index >= 15 is 0 Å². The van der Waals surface area contributed by atoms with E-state index in [0.717, 1.165) is 44.6 Å². The SMILES string of the molecule is O=S(=O)(OC1C2CCC1CC(OCc1c(-c3ccccc3OC(F)(F)F)noc1C1CC1)C2)C(F)(F)C(F)(F)C(F)(F)C(F)(F)F.[N-]=[N+]=NC1C2CCC1CC(OCc1c(-c3ccccc3OC(F)(F)F)noc1C1CC1)C2. The predicted octanol–water partition coefficient (Wildman–Crippen LogP) is 14.5. The van der Waals surface area contributed by atoms with Crippen molar-refractivity contribution in [3.63, 3.8) is 0 Å². The first-order valence-corrected chi connectivity index (χ1v) is 26.0. The van der Waals surface area contributed by atoms with Crippen molar-refractivity contribution in [3.05, 3.63) is 81.6 Å². The molecule has 428 valence electrons. The predicted molar refractivity (Wildman–Crippen MR) is 237 cm³/mol. The van der Waals surface area contributed by atoms with E-state index in [0.29, 0.717) is 53.0 Å². The lowest BCUT2D eigenvalue weighted by Crippen LogP contribution is -2.63. The maximum absolute atomic E-state index is 14.2.